The molecule has 158 valence electrons. The van der Waals surface area contributed by atoms with Crippen molar-refractivity contribution in [3.05, 3.63) is 36.8 Å². The largest absolute Gasteiger partial charge is 0.384 e. The summed E-state index contributed by atoms with van der Waals surface area (Å²) in [5, 5.41) is 1.30. The van der Waals surface area contributed by atoms with Crippen LogP contribution in [0.25, 0.3) is 10.2 Å². The highest BCUT2D eigenvalue weighted by Gasteiger charge is 2.24. The van der Waals surface area contributed by atoms with E-state index in [1.165, 1.54) is 24.5 Å². The number of fused-ring (bicyclic) bond motifs is 3. The molecule has 1 atom stereocenters. The normalized spacial score (nSPS) is 16.0. The molecule has 0 saturated heterocycles. The number of carbonyl (C=O) groups excluding carboxylic acids is 1. The molecule has 0 aromatic carbocycles. The summed E-state index contributed by atoms with van der Waals surface area (Å²) in [5.41, 5.74) is 11.8. The molecule has 3 heterocycles. The van der Waals surface area contributed by atoms with E-state index in [0.29, 0.717) is 16.9 Å². The Morgan fingerprint density at radius 1 is 1.23 bits per heavy atom. The first-order valence-corrected chi connectivity index (χ1v) is 11.3. The van der Waals surface area contributed by atoms with Gasteiger partial charge in [0.05, 0.1) is 11.1 Å². The van der Waals surface area contributed by atoms with Crippen molar-refractivity contribution in [3.8, 4) is 0 Å². The van der Waals surface area contributed by atoms with Crippen LogP contribution in [0.2, 0.25) is 0 Å². The van der Waals surface area contributed by atoms with Crippen molar-refractivity contribution in [3.63, 3.8) is 0 Å². The molecule has 30 heavy (non-hydrogen) atoms. The van der Waals surface area contributed by atoms with E-state index >= 15 is 0 Å². The van der Waals surface area contributed by atoms with Crippen molar-refractivity contribution in [2.24, 2.45) is 20.0 Å². The van der Waals surface area contributed by atoms with Crippen LogP contribution in [0.3, 0.4) is 0 Å². The Kier molecular flexibility index (Phi) is 5.18. The number of Topliss-reactive ketones (excluding diaryl/α,β-unsaturated/α-hetero) is 1. The van der Waals surface area contributed by atoms with Gasteiger partial charge < -0.3 is 11.5 Å². The Balaban J connectivity index is 1.63. The molecule has 1 unspecified atom stereocenters. The lowest BCUT2D eigenvalue weighted by molar-refractivity contribution is 0.102. The van der Waals surface area contributed by atoms with Crippen LogP contribution in [0.4, 0.5) is 11.6 Å². The van der Waals surface area contributed by atoms with Crippen molar-refractivity contribution in [1.82, 2.24) is 19.1 Å². The van der Waals surface area contributed by atoms with Crippen LogP contribution in [0.15, 0.2) is 14.7 Å². The van der Waals surface area contributed by atoms with Gasteiger partial charge in [-0.2, -0.15) is 0 Å². The number of nitrogen functional groups attached to an aromatic ring is 2. The maximum Gasteiger partial charge on any atom is 0.332 e. The van der Waals surface area contributed by atoms with Crippen LogP contribution in [0, 0.1) is 5.92 Å². The van der Waals surface area contributed by atoms with Crippen molar-refractivity contribution >= 4 is 50.7 Å². The SMILES string of the molecule is CC1CCc2c(sc3nc(SCC(=O)c4c(N)n(C)c(=O)n(C)c4=O)nc(N)c23)C1. The molecule has 9 nitrogen and oxygen atoms in total. The maximum absolute atomic E-state index is 12.7. The van der Waals surface area contributed by atoms with Gasteiger partial charge in [-0.15, -0.1) is 11.3 Å². The number of thiophene rings is 1. The van der Waals surface area contributed by atoms with Gasteiger partial charge in [-0.25, -0.2) is 14.8 Å². The van der Waals surface area contributed by atoms with E-state index in [0.717, 1.165) is 50.4 Å². The molecule has 0 amide bonds. The molecular formula is C19H22N6O3S2. The van der Waals surface area contributed by atoms with Crippen LogP contribution in [-0.2, 0) is 26.9 Å². The standard InChI is InChI=1S/C19H22N6O3S2/c1-8-4-5-9-11(6-8)30-16-12(9)14(20)22-18(23-16)29-7-10(26)13-15(21)24(2)19(28)25(3)17(13)27/h8H,4-7,21H2,1-3H3,(H2,20,22,23). The van der Waals surface area contributed by atoms with Gasteiger partial charge in [0.25, 0.3) is 5.56 Å². The number of thioether (sulfide) groups is 1. The number of aryl methyl sites for hydroxylation is 1. The van der Waals surface area contributed by atoms with E-state index in [1.807, 2.05) is 0 Å². The Bertz CT molecular complexity index is 1310. The number of nitrogens with two attached hydrogens (primary N) is 2. The molecule has 3 aromatic rings. The zero-order chi connectivity index (χ0) is 21.7. The Morgan fingerprint density at radius 2 is 1.97 bits per heavy atom. The fourth-order valence-corrected chi connectivity index (χ4v) is 5.91. The zero-order valence-electron chi connectivity index (χ0n) is 16.9. The van der Waals surface area contributed by atoms with Crippen LogP contribution in [0.1, 0.15) is 34.1 Å². The lowest BCUT2D eigenvalue weighted by Crippen LogP contribution is -2.41. The Labute approximate surface area is 180 Å². The second kappa shape index (κ2) is 7.55. The number of hydrogen-bond donors (Lipinski definition) is 2. The zero-order valence-corrected chi connectivity index (χ0v) is 18.5. The van der Waals surface area contributed by atoms with Crippen molar-refractivity contribution < 1.29 is 4.79 Å². The van der Waals surface area contributed by atoms with Gasteiger partial charge in [-0.3, -0.25) is 18.7 Å². The molecule has 11 heteroatoms. The van der Waals surface area contributed by atoms with Crippen LogP contribution in [-0.4, -0.2) is 30.6 Å². The molecule has 1 aliphatic rings. The van der Waals surface area contributed by atoms with Crippen molar-refractivity contribution in [2.45, 2.75) is 31.3 Å². The Morgan fingerprint density at radius 3 is 2.70 bits per heavy atom. The van der Waals surface area contributed by atoms with Gasteiger partial charge >= 0.3 is 5.69 Å². The second-order valence-corrected chi connectivity index (χ2v) is 9.63. The molecule has 1 aliphatic carbocycles. The first-order valence-electron chi connectivity index (χ1n) is 9.48. The predicted molar refractivity (Wildman–Crippen MR) is 119 cm³/mol. The third-order valence-electron chi connectivity index (χ3n) is 5.48. The molecule has 0 bridgehead atoms. The highest BCUT2D eigenvalue weighted by molar-refractivity contribution is 7.99. The van der Waals surface area contributed by atoms with Crippen LogP contribution >= 0.6 is 23.1 Å². The fraction of sp³-hybridized carbons (Fsp3) is 0.421. The molecule has 0 saturated carbocycles. The smallest absolute Gasteiger partial charge is 0.332 e. The lowest BCUT2D eigenvalue weighted by Gasteiger charge is -2.17. The molecule has 3 aromatic heterocycles. The van der Waals surface area contributed by atoms with Gasteiger partial charge in [0, 0.05) is 19.0 Å². The third-order valence-corrected chi connectivity index (χ3v) is 7.48. The van der Waals surface area contributed by atoms with E-state index < -0.39 is 17.0 Å². The molecule has 0 spiro atoms. The number of nitrogens with zero attached hydrogens (tertiary/aromatic N) is 4. The van der Waals surface area contributed by atoms with Crippen LogP contribution < -0.4 is 22.7 Å². The minimum atomic E-state index is -0.711. The van der Waals surface area contributed by atoms with E-state index in [-0.39, 0.29) is 17.1 Å². The van der Waals surface area contributed by atoms with Gasteiger partial charge in [-0.05, 0) is 30.7 Å². The summed E-state index contributed by atoms with van der Waals surface area (Å²) in [6, 6.07) is 0. The van der Waals surface area contributed by atoms with Gasteiger partial charge in [0.15, 0.2) is 10.9 Å². The highest BCUT2D eigenvalue weighted by Crippen LogP contribution is 2.39. The minimum absolute atomic E-state index is 0.0925. The summed E-state index contributed by atoms with van der Waals surface area (Å²) >= 11 is 2.73. The van der Waals surface area contributed by atoms with Gasteiger partial charge in [-0.1, -0.05) is 18.7 Å². The first-order chi connectivity index (χ1) is 14.2. The molecular weight excluding hydrogens is 424 g/mol. The summed E-state index contributed by atoms with van der Waals surface area (Å²) in [7, 11) is 2.73. The molecule has 0 aliphatic heterocycles. The average Bonchev–Trinajstić information content (AvgIpc) is 3.07. The summed E-state index contributed by atoms with van der Waals surface area (Å²) in [6.07, 6.45) is 3.12. The topological polar surface area (TPSA) is 139 Å². The quantitative estimate of drug-likeness (QED) is 0.348. The summed E-state index contributed by atoms with van der Waals surface area (Å²) in [4.78, 5) is 48.1. The number of hydrogen-bond acceptors (Lipinski definition) is 9. The Hall–Kier alpha value is -2.66. The van der Waals surface area contributed by atoms with Crippen molar-refractivity contribution in [2.75, 3.05) is 17.2 Å². The van der Waals surface area contributed by atoms with E-state index in [9.17, 15) is 14.4 Å². The summed E-state index contributed by atoms with van der Waals surface area (Å²) < 4.78 is 1.95. The minimum Gasteiger partial charge on any atom is -0.384 e. The molecule has 4 rings (SSSR count). The lowest BCUT2D eigenvalue weighted by atomic mass is 9.89. The highest BCUT2D eigenvalue weighted by atomic mass is 32.2. The van der Waals surface area contributed by atoms with E-state index in [2.05, 4.69) is 16.9 Å². The number of carbonyl (C=O) groups is 1. The molecule has 0 radical (unpaired) electrons. The van der Waals surface area contributed by atoms with Crippen LogP contribution in [0.5, 0.6) is 0 Å². The monoisotopic (exact) mass is 446 g/mol. The molecule has 0 fully saturated rings. The number of ketones is 1. The summed E-state index contributed by atoms with van der Waals surface area (Å²) in [5.74, 6) is 0.325. The third kappa shape index (κ3) is 3.31. The number of rotatable bonds is 4. The molecule has 4 N–H and O–H groups in total. The number of anilines is 2. The second-order valence-electron chi connectivity index (χ2n) is 7.60. The average molecular weight is 447 g/mol. The predicted octanol–water partition coefficient (Wildman–Crippen LogP) is 1.35. The fourth-order valence-electron chi connectivity index (χ4n) is 3.74. The van der Waals surface area contributed by atoms with E-state index in [4.69, 9.17) is 11.5 Å². The van der Waals surface area contributed by atoms with Gasteiger partial charge in [0.2, 0.25) is 0 Å². The summed E-state index contributed by atoms with van der Waals surface area (Å²) in [6.45, 7) is 2.24. The first kappa shape index (κ1) is 20.6. The maximum atomic E-state index is 12.7. The van der Waals surface area contributed by atoms with Crippen molar-refractivity contribution in [1.29, 1.82) is 0 Å². The van der Waals surface area contributed by atoms with E-state index in [1.54, 1.807) is 11.3 Å². The van der Waals surface area contributed by atoms with Gasteiger partial charge in [0.1, 0.15) is 22.0 Å². The number of aromatic nitrogens is 4.